The number of hydrogen-bond acceptors (Lipinski definition) is 5. The van der Waals surface area contributed by atoms with Gasteiger partial charge < -0.3 is 15.1 Å². The van der Waals surface area contributed by atoms with Crippen LogP contribution in [0.1, 0.15) is 68.0 Å². The number of nitrogens with zero attached hydrogens (tertiary/aromatic N) is 1. The van der Waals surface area contributed by atoms with Crippen LogP contribution in [0.5, 0.6) is 0 Å². The average Bonchev–Trinajstić information content (AvgIpc) is 3.14. The van der Waals surface area contributed by atoms with Gasteiger partial charge in [-0.2, -0.15) is 0 Å². The van der Waals surface area contributed by atoms with Gasteiger partial charge in [-0.05, 0) is 45.6 Å². The molecule has 4 amide bonds. The summed E-state index contributed by atoms with van der Waals surface area (Å²) in [7, 11) is 0. The zero-order valence-electron chi connectivity index (χ0n) is 17.3. The highest BCUT2D eigenvalue weighted by molar-refractivity contribution is 5.97. The number of imide groups is 1. The molecular weight excluding hydrogens is 372 g/mol. The molecule has 1 unspecified atom stereocenters. The monoisotopic (exact) mass is 404 g/mol. The lowest BCUT2D eigenvalue weighted by molar-refractivity contribution is -0.125. The first kappa shape index (κ1) is 21.4. The molecule has 1 saturated heterocycles. The first-order chi connectivity index (χ1) is 13.9. The second-order valence-electron chi connectivity index (χ2n) is 8.19. The first-order valence-corrected chi connectivity index (χ1v) is 10.6. The molecule has 29 heavy (non-hydrogen) atoms. The second-order valence-corrected chi connectivity index (χ2v) is 8.19. The molecule has 1 aromatic heterocycles. The minimum atomic E-state index is -0.398. The Morgan fingerprint density at radius 2 is 1.69 bits per heavy atom. The van der Waals surface area contributed by atoms with Crippen LogP contribution in [-0.4, -0.2) is 54.0 Å². The van der Waals surface area contributed by atoms with E-state index >= 15 is 0 Å². The smallest absolute Gasteiger partial charge is 0.321 e. The molecule has 0 aromatic carbocycles. The van der Waals surface area contributed by atoms with E-state index in [-0.39, 0.29) is 23.9 Å². The van der Waals surface area contributed by atoms with Crippen molar-refractivity contribution in [3.05, 3.63) is 23.7 Å². The van der Waals surface area contributed by atoms with Crippen LogP contribution in [0.4, 0.5) is 4.79 Å². The largest absolute Gasteiger partial charge is 0.459 e. The fourth-order valence-corrected chi connectivity index (χ4v) is 4.14. The van der Waals surface area contributed by atoms with Gasteiger partial charge in [0.1, 0.15) is 0 Å². The molecule has 1 aliphatic carbocycles. The fraction of sp³-hybridized carbons (Fsp3) is 0.667. The van der Waals surface area contributed by atoms with Crippen molar-refractivity contribution in [1.82, 2.24) is 20.9 Å². The van der Waals surface area contributed by atoms with Gasteiger partial charge >= 0.3 is 6.03 Å². The van der Waals surface area contributed by atoms with Gasteiger partial charge in [-0.3, -0.25) is 19.8 Å². The van der Waals surface area contributed by atoms with E-state index in [1.54, 1.807) is 6.07 Å². The topological polar surface area (TPSA) is 104 Å². The van der Waals surface area contributed by atoms with Crippen LogP contribution in [0.25, 0.3) is 0 Å². The van der Waals surface area contributed by atoms with Gasteiger partial charge in [-0.1, -0.05) is 19.3 Å². The summed E-state index contributed by atoms with van der Waals surface area (Å²) < 4.78 is 5.24. The second kappa shape index (κ2) is 9.91. The molecule has 0 spiro atoms. The molecule has 3 rings (SSSR count). The highest BCUT2D eigenvalue weighted by Gasteiger charge is 2.29. The molecule has 160 valence electrons. The van der Waals surface area contributed by atoms with Crippen LogP contribution in [0, 0.1) is 6.92 Å². The Labute approximate surface area is 171 Å². The summed E-state index contributed by atoms with van der Waals surface area (Å²) in [6.45, 7) is 5.02. The number of likely N-dealkylation sites (tertiary alicyclic amines) is 1. The Bertz CT molecular complexity index is 718. The van der Waals surface area contributed by atoms with Crippen molar-refractivity contribution in [2.75, 3.05) is 13.1 Å². The van der Waals surface area contributed by atoms with Gasteiger partial charge in [0, 0.05) is 30.7 Å². The van der Waals surface area contributed by atoms with Crippen LogP contribution in [0.2, 0.25) is 0 Å². The van der Waals surface area contributed by atoms with Crippen LogP contribution in [0.15, 0.2) is 16.7 Å². The number of nitrogens with one attached hydrogen (secondary N) is 3. The highest BCUT2D eigenvalue weighted by Crippen LogP contribution is 2.18. The lowest BCUT2D eigenvalue weighted by atomic mass is 9.96. The van der Waals surface area contributed by atoms with E-state index in [4.69, 9.17) is 4.42 Å². The molecular formula is C21H32N4O4. The van der Waals surface area contributed by atoms with Crippen LogP contribution >= 0.6 is 0 Å². The minimum Gasteiger partial charge on any atom is -0.459 e. The Hall–Kier alpha value is -2.35. The molecule has 3 N–H and O–H groups in total. The number of hydrogen-bond donors (Lipinski definition) is 3. The van der Waals surface area contributed by atoms with Gasteiger partial charge in [-0.15, -0.1) is 0 Å². The number of amides is 4. The standard InChI is InChI=1S/C21H32N4O4/c1-14-10-13-29-18(14)20(27)22-17-8-11-25(12-9-17)15(2)19(26)24-21(28)23-16-6-4-3-5-7-16/h10,13,15-17H,3-9,11-12H2,1-2H3,(H,22,27)(H2,23,24,26,28). The number of piperidine rings is 1. The summed E-state index contributed by atoms with van der Waals surface area (Å²) in [5.41, 5.74) is 0.816. The molecule has 0 bridgehead atoms. The normalized spacial score (nSPS) is 20.1. The Balaban J connectivity index is 1.40. The highest BCUT2D eigenvalue weighted by atomic mass is 16.3. The maximum atomic E-state index is 12.5. The van der Waals surface area contributed by atoms with Gasteiger partial charge in [-0.25, -0.2) is 4.79 Å². The Morgan fingerprint density at radius 1 is 1.03 bits per heavy atom. The fourth-order valence-electron chi connectivity index (χ4n) is 4.14. The molecule has 2 heterocycles. The summed E-state index contributed by atoms with van der Waals surface area (Å²) in [6.07, 6.45) is 8.43. The number of furan rings is 1. The lowest BCUT2D eigenvalue weighted by Gasteiger charge is -2.35. The average molecular weight is 405 g/mol. The number of carbonyl (C=O) groups excluding carboxylic acids is 3. The van der Waals surface area contributed by atoms with Crippen molar-refractivity contribution < 1.29 is 18.8 Å². The summed E-state index contributed by atoms with van der Waals surface area (Å²) >= 11 is 0. The van der Waals surface area contributed by atoms with Crippen molar-refractivity contribution in [3.63, 3.8) is 0 Å². The van der Waals surface area contributed by atoms with Crippen molar-refractivity contribution >= 4 is 17.8 Å². The van der Waals surface area contributed by atoms with Crippen LogP contribution < -0.4 is 16.0 Å². The quantitative estimate of drug-likeness (QED) is 0.699. The summed E-state index contributed by atoms with van der Waals surface area (Å²) in [6, 6.07) is 1.19. The third-order valence-electron chi connectivity index (χ3n) is 6.04. The van der Waals surface area contributed by atoms with E-state index in [1.165, 1.54) is 12.7 Å². The van der Waals surface area contributed by atoms with E-state index in [0.29, 0.717) is 18.8 Å². The third kappa shape index (κ3) is 5.82. The molecule has 1 aliphatic heterocycles. The number of urea groups is 1. The van der Waals surface area contributed by atoms with Crippen molar-refractivity contribution in [3.8, 4) is 0 Å². The van der Waals surface area contributed by atoms with E-state index in [1.807, 2.05) is 18.7 Å². The Morgan fingerprint density at radius 3 is 2.31 bits per heavy atom. The molecule has 1 atom stereocenters. The molecule has 8 nitrogen and oxygen atoms in total. The molecule has 1 saturated carbocycles. The SMILES string of the molecule is Cc1ccoc1C(=O)NC1CCN(C(C)C(=O)NC(=O)NC2CCCCC2)CC1. The lowest BCUT2D eigenvalue weighted by Crippen LogP contribution is -2.54. The van der Waals surface area contributed by atoms with Gasteiger partial charge in [0.2, 0.25) is 5.91 Å². The molecule has 2 aliphatic rings. The van der Waals surface area contributed by atoms with Crippen molar-refractivity contribution in [2.24, 2.45) is 0 Å². The van der Waals surface area contributed by atoms with Gasteiger partial charge in [0.25, 0.3) is 5.91 Å². The number of carbonyl (C=O) groups is 3. The summed E-state index contributed by atoms with van der Waals surface area (Å²) in [5.74, 6) is -0.132. The number of rotatable bonds is 5. The number of aryl methyl sites for hydroxylation is 1. The van der Waals surface area contributed by atoms with Gasteiger partial charge in [0.05, 0.1) is 12.3 Å². The molecule has 0 radical (unpaired) electrons. The maximum Gasteiger partial charge on any atom is 0.321 e. The minimum absolute atomic E-state index is 0.0492. The first-order valence-electron chi connectivity index (χ1n) is 10.6. The molecule has 8 heteroatoms. The maximum absolute atomic E-state index is 12.5. The van der Waals surface area contributed by atoms with E-state index in [9.17, 15) is 14.4 Å². The molecule has 2 fully saturated rings. The summed E-state index contributed by atoms with van der Waals surface area (Å²) in [4.78, 5) is 38.9. The third-order valence-corrected chi connectivity index (χ3v) is 6.04. The summed E-state index contributed by atoms with van der Waals surface area (Å²) in [5, 5.41) is 8.39. The van der Waals surface area contributed by atoms with Crippen molar-refractivity contribution in [1.29, 1.82) is 0 Å². The molecule has 1 aromatic rings. The Kier molecular flexibility index (Phi) is 7.30. The zero-order chi connectivity index (χ0) is 20.8. The van der Waals surface area contributed by atoms with Gasteiger partial charge in [0.15, 0.2) is 5.76 Å². The van der Waals surface area contributed by atoms with Crippen LogP contribution in [0.3, 0.4) is 0 Å². The predicted octanol–water partition coefficient (Wildman–Crippen LogP) is 2.33. The van der Waals surface area contributed by atoms with E-state index in [2.05, 4.69) is 16.0 Å². The van der Waals surface area contributed by atoms with Crippen molar-refractivity contribution in [2.45, 2.75) is 76.9 Å². The predicted molar refractivity (Wildman–Crippen MR) is 109 cm³/mol. The zero-order valence-corrected chi connectivity index (χ0v) is 17.3. The van der Waals surface area contributed by atoms with E-state index < -0.39 is 12.1 Å². The van der Waals surface area contributed by atoms with E-state index in [0.717, 1.165) is 44.1 Å². The van der Waals surface area contributed by atoms with Crippen LogP contribution in [-0.2, 0) is 4.79 Å².